The Hall–Kier alpha value is -1.20. The predicted molar refractivity (Wildman–Crippen MR) is 91.8 cm³/mol. The van der Waals surface area contributed by atoms with E-state index in [2.05, 4.69) is 12.1 Å². The first kappa shape index (κ1) is 20.8. The quantitative estimate of drug-likeness (QED) is 0.383. The summed E-state index contributed by atoms with van der Waals surface area (Å²) < 4.78 is 21.4. The van der Waals surface area contributed by atoms with E-state index in [0.29, 0.717) is 25.7 Å². The first-order valence-electron chi connectivity index (χ1n) is 8.37. The highest BCUT2D eigenvalue weighted by molar-refractivity contribution is 7.47. The van der Waals surface area contributed by atoms with E-state index >= 15 is 0 Å². The van der Waals surface area contributed by atoms with Crippen LogP contribution in [0.1, 0.15) is 50.5 Å². The lowest BCUT2D eigenvalue weighted by atomic mass is 10.1. The minimum atomic E-state index is -3.98. The molecule has 1 aromatic carbocycles. The van der Waals surface area contributed by atoms with Crippen LogP contribution in [-0.2, 0) is 24.8 Å². The second kappa shape index (κ2) is 12.2. The molecule has 1 atom stereocenters. The molecule has 0 heterocycles. The van der Waals surface area contributed by atoms with Crippen LogP contribution in [-0.4, -0.2) is 29.2 Å². The Bertz CT molecular complexity index is 505. The van der Waals surface area contributed by atoms with Crippen molar-refractivity contribution in [2.75, 3.05) is 13.2 Å². The highest BCUT2D eigenvalue weighted by atomic mass is 31.2. The van der Waals surface area contributed by atoms with Crippen LogP contribution in [0.25, 0.3) is 0 Å². The van der Waals surface area contributed by atoms with Gasteiger partial charge >= 0.3 is 13.8 Å². The maximum absolute atomic E-state index is 11.6. The predicted octanol–water partition coefficient (Wildman–Crippen LogP) is 4.18. The minimum Gasteiger partial charge on any atom is -0.481 e. The van der Waals surface area contributed by atoms with Crippen molar-refractivity contribution in [3.8, 4) is 0 Å². The molecule has 0 amide bonds. The van der Waals surface area contributed by atoms with E-state index in [1.165, 1.54) is 5.56 Å². The first-order valence-corrected chi connectivity index (χ1v) is 9.87. The van der Waals surface area contributed by atoms with Crippen molar-refractivity contribution in [3.63, 3.8) is 0 Å². The SMILES string of the molecule is O=C(O)CCCCCOP(=O)(O)OCCCCCc1ccccc1. The number of carboxylic acids is 1. The number of hydrogen-bond donors (Lipinski definition) is 2. The number of carboxylic acid groups (broad SMARTS) is 1. The molecule has 1 unspecified atom stereocenters. The van der Waals surface area contributed by atoms with Gasteiger partial charge in [-0.05, 0) is 37.7 Å². The number of rotatable bonds is 14. The van der Waals surface area contributed by atoms with Gasteiger partial charge in [-0.3, -0.25) is 13.8 Å². The standard InChI is InChI=1S/C17H27O6P/c18-17(19)13-7-3-9-15-23-24(20,21)22-14-8-2-6-12-16-10-4-1-5-11-16/h1,4-5,10-11H,2-3,6-9,12-15H2,(H,18,19)(H,20,21). The van der Waals surface area contributed by atoms with Crippen LogP contribution in [0.5, 0.6) is 0 Å². The average Bonchev–Trinajstić information content (AvgIpc) is 2.54. The third-order valence-corrected chi connectivity index (χ3v) is 4.51. The molecule has 136 valence electrons. The number of phosphoric acid groups is 1. The van der Waals surface area contributed by atoms with E-state index in [-0.39, 0.29) is 19.6 Å². The van der Waals surface area contributed by atoms with Gasteiger partial charge in [-0.15, -0.1) is 0 Å². The molecule has 1 aromatic rings. The van der Waals surface area contributed by atoms with Crippen LogP contribution in [0.15, 0.2) is 30.3 Å². The molecule has 0 aliphatic carbocycles. The van der Waals surface area contributed by atoms with Gasteiger partial charge in [0.2, 0.25) is 0 Å². The van der Waals surface area contributed by atoms with E-state index < -0.39 is 13.8 Å². The Morgan fingerprint density at radius 1 is 0.917 bits per heavy atom. The monoisotopic (exact) mass is 358 g/mol. The summed E-state index contributed by atoms with van der Waals surface area (Å²) in [5.41, 5.74) is 1.29. The lowest BCUT2D eigenvalue weighted by Gasteiger charge is -2.12. The summed E-state index contributed by atoms with van der Waals surface area (Å²) in [5, 5.41) is 8.49. The van der Waals surface area contributed by atoms with E-state index in [1.54, 1.807) is 0 Å². The topological polar surface area (TPSA) is 93.1 Å². The zero-order chi connectivity index (χ0) is 17.7. The fourth-order valence-corrected chi connectivity index (χ4v) is 3.00. The molecule has 0 aliphatic heterocycles. The van der Waals surface area contributed by atoms with Crippen molar-refractivity contribution in [2.24, 2.45) is 0 Å². The van der Waals surface area contributed by atoms with Gasteiger partial charge in [0.1, 0.15) is 0 Å². The smallest absolute Gasteiger partial charge is 0.472 e. The van der Waals surface area contributed by atoms with Crippen molar-refractivity contribution < 1.29 is 28.4 Å². The number of benzene rings is 1. The fourth-order valence-electron chi connectivity index (χ4n) is 2.20. The molecule has 2 N–H and O–H groups in total. The van der Waals surface area contributed by atoms with Crippen LogP contribution >= 0.6 is 7.82 Å². The maximum Gasteiger partial charge on any atom is 0.472 e. The van der Waals surface area contributed by atoms with Crippen LogP contribution < -0.4 is 0 Å². The van der Waals surface area contributed by atoms with Gasteiger partial charge in [-0.25, -0.2) is 4.57 Å². The zero-order valence-electron chi connectivity index (χ0n) is 13.9. The molecule has 24 heavy (non-hydrogen) atoms. The fraction of sp³-hybridized carbons (Fsp3) is 0.588. The maximum atomic E-state index is 11.6. The Morgan fingerprint density at radius 3 is 2.08 bits per heavy atom. The molecule has 0 bridgehead atoms. The van der Waals surface area contributed by atoms with Crippen LogP contribution in [0, 0.1) is 0 Å². The average molecular weight is 358 g/mol. The first-order chi connectivity index (χ1) is 11.5. The highest BCUT2D eigenvalue weighted by Gasteiger charge is 2.19. The highest BCUT2D eigenvalue weighted by Crippen LogP contribution is 2.43. The number of phosphoric ester groups is 1. The van der Waals surface area contributed by atoms with Crippen molar-refractivity contribution in [1.82, 2.24) is 0 Å². The summed E-state index contributed by atoms with van der Waals surface area (Å²) in [6.07, 6.45) is 5.46. The summed E-state index contributed by atoms with van der Waals surface area (Å²) in [6.45, 7) is 0.295. The van der Waals surface area contributed by atoms with Gasteiger partial charge in [-0.2, -0.15) is 0 Å². The second-order valence-electron chi connectivity index (χ2n) is 5.64. The Balaban J connectivity index is 1.98. The van der Waals surface area contributed by atoms with E-state index in [9.17, 15) is 14.3 Å². The molecule has 0 saturated heterocycles. The number of carbonyl (C=O) groups is 1. The summed E-state index contributed by atoms with van der Waals surface area (Å²) >= 11 is 0. The molecular weight excluding hydrogens is 331 g/mol. The van der Waals surface area contributed by atoms with Gasteiger partial charge in [-0.1, -0.05) is 43.2 Å². The number of unbranched alkanes of at least 4 members (excludes halogenated alkanes) is 4. The van der Waals surface area contributed by atoms with Gasteiger partial charge in [0, 0.05) is 6.42 Å². The molecule has 0 spiro atoms. The molecular formula is C17H27O6P. The van der Waals surface area contributed by atoms with Crippen molar-refractivity contribution in [2.45, 2.75) is 51.4 Å². The summed E-state index contributed by atoms with van der Waals surface area (Å²) in [7, 11) is -3.98. The molecule has 0 fully saturated rings. The Kier molecular flexibility index (Phi) is 10.6. The normalized spacial score (nSPS) is 13.5. The van der Waals surface area contributed by atoms with Crippen molar-refractivity contribution in [1.29, 1.82) is 0 Å². The molecule has 0 aromatic heterocycles. The summed E-state index contributed by atoms with van der Waals surface area (Å²) in [5.74, 6) is -0.834. The molecule has 7 heteroatoms. The van der Waals surface area contributed by atoms with Gasteiger partial charge in [0.25, 0.3) is 0 Å². The van der Waals surface area contributed by atoms with Gasteiger partial charge in [0.05, 0.1) is 13.2 Å². The molecule has 0 aliphatic rings. The largest absolute Gasteiger partial charge is 0.481 e. The minimum absolute atomic E-state index is 0.0986. The van der Waals surface area contributed by atoms with Crippen molar-refractivity contribution >= 4 is 13.8 Å². The molecule has 1 rings (SSSR count). The van der Waals surface area contributed by atoms with Crippen LogP contribution in [0.4, 0.5) is 0 Å². The summed E-state index contributed by atoms with van der Waals surface area (Å²) in [6, 6.07) is 10.2. The van der Waals surface area contributed by atoms with Crippen molar-refractivity contribution in [3.05, 3.63) is 35.9 Å². The third kappa shape index (κ3) is 11.4. The molecule has 0 saturated carbocycles. The lowest BCUT2D eigenvalue weighted by molar-refractivity contribution is -0.137. The number of aryl methyl sites for hydroxylation is 1. The number of hydrogen-bond acceptors (Lipinski definition) is 4. The van der Waals surface area contributed by atoms with E-state index in [4.69, 9.17) is 14.2 Å². The Labute approximate surface area is 143 Å². The van der Waals surface area contributed by atoms with Gasteiger partial charge < -0.3 is 10.00 Å². The molecule has 0 radical (unpaired) electrons. The Morgan fingerprint density at radius 2 is 1.50 bits per heavy atom. The molecule has 6 nitrogen and oxygen atoms in total. The number of aliphatic carboxylic acids is 1. The van der Waals surface area contributed by atoms with Crippen LogP contribution in [0.3, 0.4) is 0 Å². The second-order valence-corrected chi connectivity index (χ2v) is 7.09. The van der Waals surface area contributed by atoms with Crippen LogP contribution in [0.2, 0.25) is 0 Å². The summed E-state index contributed by atoms with van der Waals surface area (Å²) in [4.78, 5) is 19.8. The van der Waals surface area contributed by atoms with E-state index in [1.807, 2.05) is 18.2 Å². The third-order valence-electron chi connectivity index (χ3n) is 3.50. The zero-order valence-corrected chi connectivity index (χ0v) is 14.8. The van der Waals surface area contributed by atoms with Gasteiger partial charge in [0.15, 0.2) is 0 Å². The lowest BCUT2D eigenvalue weighted by Crippen LogP contribution is -2.00. The van der Waals surface area contributed by atoms with E-state index in [0.717, 1.165) is 19.3 Å².